The minimum Gasteiger partial charge on any atom is -0.504 e. The van der Waals surface area contributed by atoms with Crippen LogP contribution in [0.15, 0.2) is 47.6 Å². The Kier molecular flexibility index (Phi) is 4.07. The number of hydrazone groups is 1. The molecule has 5 N–H and O–H groups in total. The van der Waals surface area contributed by atoms with E-state index in [9.17, 15) is 5.11 Å². The first-order valence-electron chi connectivity index (χ1n) is 5.95. The lowest BCUT2D eigenvalue weighted by molar-refractivity contribution is 0.411. The summed E-state index contributed by atoms with van der Waals surface area (Å²) in [6.45, 7) is 1.90. The fourth-order valence-corrected chi connectivity index (χ4v) is 1.67. The van der Waals surface area contributed by atoms with Crippen LogP contribution in [-0.4, -0.2) is 11.4 Å². The van der Waals surface area contributed by atoms with Gasteiger partial charge in [0.25, 0.3) is 0 Å². The molecule has 0 saturated carbocycles. The van der Waals surface area contributed by atoms with Gasteiger partial charge in [-0.15, -0.1) is 0 Å². The Hall–Kier alpha value is -2.73. The number of phenolic OH excluding ortho intramolecular Hbond substituents is 1. The van der Waals surface area contributed by atoms with Crippen LogP contribution in [0, 0.1) is 6.92 Å². The van der Waals surface area contributed by atoms with Gasteiger partial charge in [-0.3, -0.25) is 5.01 Å². The van der Waals surface area contributed by atoms with Crippen LogP contribution in [0.1, 0.15) is 5.56 Å². The molecule has 0 unspecified atom stereocenters. The Morgan fingerprint density at radius 3 is 2.50 bits per heavy atom. The van der Waals surface area contributed by atoms with Crippen molar-refractivity contribution in [2.24, 2.45) is 16.8 Å². The van der Waals surface area contributed by atoms with E-state index in [0.29, 0.717) is 17.2 Å². The van der Waals surface area contributed by atoms with Crippen LogP contribution in [0.25, 0.3) is 0 Å². The fourth-order valence-electron chi connectivity index (χ4n) is 1.67. The number of benzene rings is 2. The molecule has 20 heavy (non-hydrogen) atoms. The number of ether oxygens (including phenoxy) is 1. The second-order valence-corrected chi connectivity index (χ2v) is 4.24. The summed E-state index contributed by atoms with van der Waals surface area (Å²) in [5.74, 6) is 11.8. The quantitative estimate of drug-likeness (QED) is 0.342. The molecule has 0 saturated heterocycles. The van der Waals surface area contributed by atoms with Gasteiger partial charge in [-0.1, -0.05) is 6.07 Å². The highest BCUT2D eigenvalue weighted by Crippen LogP contribution is 2.31. The van der Waals surface area contributed by atoms with E-state index in [-0.39, 0.29) is 5.75 Å². The molecule has 0 atom stereocenters. The number of hydrazine groups is 1. The molecule has 0 amide bonds. The van der Waals surface area contributed by atoms with Crippen LogP contribution < -0.4 is 21.4 Å². The number of hydrogen-bond donors (Lipinski definition) is 3. The van der Waals surface area contributed by atoms with E-state index in [1.165, 1.54) is 11.3 Å². The number of nitrogens with two attached hydrogens (primary N) is 2. The zero-order chi connectivity index (χ0) is 14.5. The molecule has 0 bridgehead atoms. The number of hydrogen-bond acceptors (Lipinski definition) is 5. The van der Waals surface area contributed by atoms with Gasteiger partial charge in [0.05, 0.1) is 5.69 Å². The standard InChI is InChI=1S/C14H16N4O2/c1-10-2-7-14(13(19)8-10)20-12-5-3-11(4-6-12)18(16)9-17-15/h2-9,19H,15-16H2,1H3/b17-9-. The summed E-state index contributed by atoms with van der Waals surface area (Å²) >= 11 is 0. The lowest BCUT2D eigenvalue weighted by Crippen LogP contribution is -2.29. The second-order valence-electron chi connectivity index (χ2n) is 4.24. The maximum Gasteiger partial charge on any atom is 0.169 e. The van der Waals surface area contributed by atoms with Gasteiger partial charge in [0.2, 0.25) is 0 Å². The monoisotopic (exact) mass is 272 g/mol. The molecule has 0 heterocycles. The van der Waals surface area contributed by atoms with Crippen LogP contribution in [-0.2, 0) is 0 Å². The van der Waals surface area contributed by atoms with Gasteiger partial charge in [0.15, 0.2) is 11.5 Å². The second kappa shape index (κ2) is 5.94. The minimum absolute atomic E-state index is 0.102. The predicted octanol–water partition coefficient (Wildman–Crippen LogP) is 2.08. The van der Waals surface area contributed by atoms with Crippen molar-refractivity contribution in [2.75, 3.05) is 5.01 Å². The normalized spacial score (nSPS) is 10.7. The van der Waals surface area contributed by atoms with Crippen LogP contribution in [0.3, 0.4) is 0 Å². The van der Waals surface area contributed by atoms with Crippen LogP contribution in [0.5, 0.6) is 17.2 Å². The summed E-state index contributed by atoms with van der Waals surface area (Å²) in [4.78, 5) is 0. The van der Waals surface area contributed by atoms with Crippen molar-refractivity contribution in [3.8, 4) is 17.2 Å². The molecular weight excluding hydrogens is 256 g/mol. The molecule has 2 rings (SSSR count). The minimum atomic E-state index is 0.102. The van der Waals surface area contributed by atoms with Crippen LogP contribution in [0.4, 0.5) is 5.69 Å². The summed E-state index contributed by atoms with van der Waals surface area (Å²) in [5.41, 5.74) is 1.67. The summed E-state index contributed by atoms with van der Waals surface area (Å²) in [6, 6.07) is 12.2. The zero-order valence-corrected chi connectivity index (χ0v) is 11.0. The zero-order valence-electron chi connectivity index (χ0n) is 11.0. The van der Waals surface area contributed by atoms with Crippen molar-refractivity contribution in [2.45, 2.75) is 6.92 Å². The Bertz CT molecular complexity index is 611. The van der Waals surface area contributed by atoms with Crippen molar-refractivity contribution in [1.29, 1.82) is 0 Å². The number of phenols is 1. The molecule has 2 aromatic carbocycles. The van der Waals surface area contributed by atoms with Gasteiger partial charge in [-0.05, 0) is 48.9 Å². The van der Waals surface area contributed by atoms with E-state index >= 15 is 0 Å². The molecule has 0 aliphatic rings. The molecule has 2 aromatic rings. The third kappa shape index (κ3) is 3.18. The van der Waals surface area contributed by atoms with Crippen LogP contribution in [0.2, 0.25) is 0 Å². The van der Waals surface area contributed by atoms with Crippen molar-refractivity contribution < 1.29 is 9.84 Å². The van der Waals surface area contributed by atoms with Gasteiger partial charge in [0, 0.05) is 0 Å². The molecule has 0 aromatic heterocycles. The molecule has 104 valence electrons. The Labute approximate surface area is 116 Å². The third-order valence-electron chi connectivity index (χ3n) is 2.67. The van der Waals surface area contributed by atoms with Gasteiger partial charge in [-0.2, -0.15) is 5.10 Å². The van der Waals surface area contributed by atoms with E-state index in [2.05, 4.69) is 5.10 Å². The first-order valence-corrected chi connectivity index (χ1v) is 5.95. The van der Waals surface area contributed by atoms with E-state index in [0.717, 1.165) is 5.56 Å². The Morgan fingerprint density at radius 2 is 1.90 bits per heavy atom. The van der Waals surface area contributed by atoms with Crippen molar-refractivity contribution in [3.05, 3.63) is 48.0 Å². The third-order valence-corrected chi connectivity index (χ3v) is 2.67. The summed E-state index contributed by atoms with van der Waals surface area (Å²) < 4.78 is 5.59. The van der Waals surface area contributed by atoms with Gasteiger partial charge in [-0.25, -0.2) is 5.84 Å². The van der Waals surface area contributed by atoms with E-state index < -0.39 is 0 Å². The largest absolute Gasteiger partial charge is 0.504 e. The fraction of sp³-hybridized carbons (Fsp3) is 0.0714. The average Bonchev–Trinajstić information content (AvgIpc) is 2.43. The first-order chi connectivity index (χ1) is 9.60. The van der Waals surface area contributed by atoms with E-state index in [4.69, 9.17) is 16.4 Å². The number of nitrogens with zero attached hydrogens (tertiary/aromatic N) is 2. The summed E-state index contributed by atoms with van der Waals surface area (Å²) in [6.07, 6.45) is 1.29. The number of aromatic hydroxyl groups is 1. The topological polar surface area (TPSA) is 97.1 Å². The maximum atomic E-state index is 9.78. The molecule has 0 spiro atoms. The van der Waals surface area contributed by atoms with E-state index in [1.807, 2.05) is 13.0 Å². The summed E-state index contributed by atoms with van der Waals surface area (Å²) in [5, 5.41) is 14.4. The molecular formula is C14H16N4O2. The Balaban J connectivity index is 2.14. The first kappa shape index (κ1) is 13.7. The molecule has 6 nitrogen and oxygen atoms in total. The van der Waals surface area contributed by atoms with Gasteiger partial charge < -0.3 is 15.7 Å². The number of rotatable bonds is 4. The highest BCUT2D eigenvalue weighted by molar-refractivity contribution is 5.77. The maximum absolute atomic E-state index is 9.78. The lowest BCUT2D eigenvalue weighted by atomic mass is 10.2. The van der Waals surface area contributed by atoms with Crippen molar-refractivity contribution in [1.82, 2.24) is 0 Å². The van der Waals surface area contributed by atoms with Gasteiger partial charge in [0.1, 0.15) is 12.1 Å². The smallest absolute Gasteiger partial charge is 0.169 e. The van der Waals surface area contributed by atoms with E-state index in [1.54, 1.807) is 36.4 Å². The van der Waals surface area contributed by atoms with Crippen molar-refractivity contribution in [3.63, 3.8) is 0 Å². The molecule has 0 aliphatic heterocycles. The molecule has 0 aliphatic carbocycles. The highest BCUT2D eigenvalue weighted by atomic mass is 16.5. The van der Waals surface area contributed by atoms with Crippen molar-refractivity contribution >= 4 is 12.0 Å². The van der Waals surface area contributed by atoms with Gasteiger partial charge >= 0.3 is 0 Å². The average molecular weight is 272 g/mol. The molecule has 6 heteroatoms. The summed E-state index contributed by atoms with van der Waals surface area (Å²) in [7, 11) is 0. The molecule has 0 radical (unpaired) electrons. The predicted molar refractivity (Wildman–Crippen MR) is 78.7 cm³/mol. The lowest BCUT2D eigenvalue weighted by Gasteiger charge is -2.13. The SMILES string of the molecule is Cc1ccc(Oc2ccc(N(N)/C=N\N)cc2)c(O)c1. The van der Waals surface area contributed by atoms with Crippen LogP contribution >= 0.6 is 0 Å². The molecule has 0 fully saturated rings. The number of anilines is 1. The Morgan fingerprint density at radius 1 is 1.20 bits per heavy atom. The highest BCUT2D eigenvalue weighted by Gasteiger charge is 2.05. The number of aryl methyl sites for hydroxylation is 1.